The molecule has 2 atom stereocenters. The summed E-state index contributed by atoms with van der Waals surface area (Å²) in [5.41, 5.74) is 2.22. The molecule has 31 heavy (non-hydrogen) atoms. The highest BCUT2D eigenvalue weighted by atomic mass is 28.4. The van der Waals surface area contributed by atoms with Gasteiger partial charge in [0, 0.05) is 0 Å². The van der Waals surface area contributed by atoms with E-state index in [9.17, 15) is 5.11 Å². The van der Waals surface area contributed by atoms with Crippen LogP contribution in [0.1, 0.15) is 31.9 Å². The molecule has 4 nitrogen and oxygen atoms in total. The first-order valence-corrected chi connectivity index (χ1v) is 13.9. The monoisotopic (exact) mass is 442 g/mol. The number of rotatable bonds is 12. The van der Waals surface area contributed by atoms with Gasteiger partial charge in [0.05, 0.1) is 32.5 Å². The van der Waals surface area contributed by atoms with Gasteiger partial charge in [-0.05, 0) is 29.3 Å². The van der Waals surface area contributed by atoms with E-state index in [1.54, 1.807) is 6.08 Å². The van der Waals surface area contributed by atoms with Crippen molar-refractivity contribution in [2.45, 2.75) is 64.3 Å². The lowest BCUT2D eigenvalue weighted by Crippen LogP contribution is -2.48. The minimum absolute atomic E-state index is 0.0388. The van der Waals surface area contributed by atoms with Gasteiger partial charge in [0.25, 0.3) is 0 Å². The first kappa shape index (κ1) is 25.5. The Kier molecular flexibility index (Phi) is 10.1. The number of ether oxygens (including phenoxy) is 2. The second-order valence-electron chi connectivity index (χ2n) is 9.29. The maximum atomic E-state index is 9.36. The first-order valence-electron chi connectivity index (χ1n) is 11.0. The first-order chi connectivity index (χ1) is 14.7. The van der Waals surface area contributed by atoms with Crippen LogP contribution in [0.4, 0.5) is 0 Å². The normalized spacial score (nSPS) is 14.6. The second-order valence-corrected chi connectivity index (χ2v) is 14.0. The largest absolute Gasteiger partial charge is 0.409 e. The zero-order valence-corrected chi connectivity index (χ0v) is 20.6. The summed E-state index contributed by atoms with van der Waals surface area (Å²) in [7, 11) is -2.06. The summed E-state index contributed by atoms with van der Waals surface area (Å²) >= 11 is 0. The van der Waals surface area contributed by atoms with E-state index in [0.29, 0.717) is 19.8 Å². The highest BCUT2D eigenvalue weighted by Crippen LogP contribution is 2.38. The minimum atomic E-state index is -2.06. The standard InChI is InChI=1S/C26H38O4Si/c1-26(2,3)31(4,5)30-25(21-28-19-22-13-8-6-9-14-22)24(17-12-18-27)29-20-23-15-10-7-11-16-23/h6-17,24-25,27H,18-21H2,1-5H3/b17-12+/t24-,25+/m0/s1. The Morgan fingerprint density at radius 1 is 0.903 bits per heavy atom. The number of hydrogen-bond acceptors (Lipinski definition) is 4. The molecule has 0 saturated heterocycles. The molecule has 2 aromatic carbocycles. The zero-order valence-electron chi connectivity index (χ0n) is 19.6. The average Bonchev–Trinajstić information content (AvgIpc) is 2.74. The highest BCUT2D eigenvalue weighted by Gasteiger charge is 2.40. The third-order valence-corrected chi connectivity index (χ3v) is 10.2. The Morgan fingerprint density at radius 2 is 1.45 bits per heavy atom. The van der Waals surface area contributed by atoms with Gasteiger partial charge in [-0.1, -0.05) is 93.6 Å². The van der Waals surface area contributed by atoms with Crippen LogP contribution >= 0.6 is 0 Å². The summed E-state index contributed by atoms with van der Waals surface area (Å²) in [5, 5.41) is 9.43. The third kappa shape index (κ3) is 8.71. The summed E-state index contributed by atoms with van der Waals surface area (Å²) in [5.74, 6) is 0. The van der Waals surface area contributed by atoms with Gasteiger partial charge in [0.2, 0.25) is 0 Å². The molecule has 0 bridgehead atoms. The van der Waals surface area contributed by atoms with Gasteiger partial charge in [-0.15, -0.1) is 0 Å². The van der Waals surface area contributed by atoms with E-state index in [1.165, 1.54) is 0 Å². The Labute approximate surface area is 189 Å². The lowest BCUT2D eigenvalue weighted by atomic mass is 10.2. The molecule has 0 saturated carbocycles. The SMILES string of the molecule is CC(C)(C)[Si](C)(C)O[C@H](COCc1ccccc1)[C@H](/C=C/CO)OCc1ccccc1. The van der Waals surface area contributed by atoms with Crippen LogP contribution in [0.3, 0.4) is 0 Å². The van der Waals surface area contributed by atoms with Crippen molar-refractivity contribution >= 4 is 8.32 Å². The zero-order chi connectivity index (χ0) is 22.7. The van der Waals surface area contributed by atoms with Crippen LogP contribution in [0.15, 0.2) is 72.8 Å². The fourth-order valence-electron chi connectivity index (χ4n) is 2.87. The molecule has 2 aromatic rings. The predicted octanol–water partition coefficient (Wildman–Crippen LogP) is 5.73. The van der Waals surface area contributed by atoms with Crippen molar-refractivity contribution in [3.63, 3.8) is 0 Å². The van der Waals surface area contributed by atoms with Gasteiger partial charge in [0.1, 0.15) is 6.10 Å². The summed E-state index contributed by atoms with van der Waals surface area (Å²) in [4.78, 5) is 0. The topological polar surface area (TPSA) is 47.9 Å². The molecule has 0 aliphatic heterocycles. The highest BCUT2D eigenvalue weighted by molar-refractivity contribution is 6.74. The summed E-state index contributed by atoms with van der Waals surface area (Å²) in [6, 6.07) is 20.2. The van der Waals surface area contributed by atoms with Crippen molar-refractivity contribution < 1.29 is 19.0 Å². The van der Waals surface area contributed by atoms with Crippen LogP contribution < -0.4 is 0 Å². The molecule has 1 N–H and O–H groups in total. The molecule has 0 fully saturated rings. The average molecular weight is 443 g/mol. The van der Waals surface area contributed by atoms with Crippen molar-refractivity contribution in [3.8, 4) is 0 Å². The van der Waals surface area contributed by atoms with Crippen molar-refractivity contribution in [3.05, 3.63) is 83.9 Å². The smallest absolute Gasteiger partial charge is 0.192 e. The maximum Gasteiger partial charge on any atom is 0.192 e. The summed E-state index contributed by atoms with van der Waals surface area (Å²) in [6.07, 6.45) is 3.02. The van der Waals surface area contributed by atoms with E-state index < -0.39 is 8.32 Å². The van der Waals surface area contributed by atoms with E-state index in [-0.39, 0.29) is 23.9 Å². The van der Waals surface area contributed by atoms with Crippen molar-refractivity contribution in [1.29, 1.82) is 0 Å². The Morgan fingerprint density at radius 3 is 1.97 bits per heavy atom. The summed E-state index contributed by atoms with van der Waals surface area (Å²) in [6.45, 7) is 12.5. The molecule has 0 unspecified atom stereocenters. The Hall–Kier alpha value is -1.76. The van der Waals surface area contributed by atoms with E-state index in [0.717, 1.165) is 11.1 Å². The van der Waals surface area contributed by atoms with E-state index in [1.807, 2.05) is 54.6 Å². The van der Waals surface area contributed by atoms with Crippen molar-refractivity contribution in [2.24, 2.45) is 0 Å². The molecule has 0 spiro atoms. The molecule has 0 amide bonds. The van der Waals surface area contributed by atoms with Crippen LogP contribution in [-0.4, -0.2) is 38.8 Å². The molecule has 0 heterocycles. The quantitative estimate of drug-likeness (QED) is 0.337. The second kappa shape index (κ2) is 12.3. The molecule has 170 valence electrons. The predicted molar refractivity (Wildman–Crippen MR) is 129 cm³/mol. The lowest BCUT2D eigenvalue weighted by Gasteiger charge is -2.40. The molecule has 0 radical (unpaired) electrons. The van der Waals surface area contributed by atoms with Gasteiger partial charge < -0.3 is 19.0 Å². The summed E-state index contributed by atoms with van der Waals surface area (Å²) < 4.78 is 19.1. The molecule has 5 heteroatoms. The Balaban J connectivity index is 2.16. The molecule has 0 aliphatic carbocycles. The van der Waals surface area contributed by atoms with Crippen LogP contribution in [0.25, 0.3) is 0 Å². The maximum absolute atomic E-state index is 9.36. The fraction of sp³-hybridized carbons (Fsp3) is 0.462. The lowest BCUT2D eigenvalue weighted by molar-refractivity contribution is -0.0541. The van der Waals surface area contributed by atoms with Gasteiger partial charge in [-0.3, -0.25) is 0 Å². The number of benzene rings is 2. The molecule has 0 aromatic heterocycles. The number of hydrogen-bond donors (Lipinski definition) is 1. The van der Waals surface area contributed by atoms with E-state index in [2.05, 4.69) is 46.0 Å². The molecular formula is C26H38O4Si. The van der Waals surface area contributed by atoms with Crippen LogP contribution in [0.5, 0.6) is 0 Å². The van der Waals surface area contributed by atoms with Crippen molar-refractivity contribution in [2.75, 3.05) is 13.2 Å². The van der Waals surface area contributed by atoms with Crippen LogP contribution in [0.2, 0.25) is 18.1 Å². The molecule has 0 aliphatic rings. The van der Waals surface area contributed by atoms with Gasteiger partial charge in [-0.2, -0.15) is 0 Å². The Bertz CT molecular complexity index is 769. The minimum Gasteiger partial charge on any atom is -0.409 e. The number of aliphatic hydroxyl groups excluding tert-OH is 1. The molecular weight excluding hydrogens is 404 g/mol. The van der Waals surface area contributed by atoms with Gasteiger partial charge >= 0.3 is 0 Å². The van der Waals surface area contributed by atoms with Crippen molar-refractivity contribution in [1.82, 2.24) is 0 Å². The van der Waals surface area contributed by atoms with Crippen LogP contribution in [-0.2, 0) is 27.1 Å². The number of aliphatic hydroxyl groups is 1. The fourth-order valence-corrected chi connectivity index (χ4v) is 4.18. The van der Waals surface area contributed by atoms with E-state index >= 15 is 0 Å². The third-order valence-electron chi connectivity index (χ3n) is 5.73. The van der Waals surface area contributed by atoms with E-state index in [4.69, 9.17) is 13.9 Å². The molecule has 2 rings (SSSR count). The van der Waals surface area contributed by atoms with Gasteiger partial charge in [-0.25, -0.2) is 0 Å². The van der Waals surface area contributed by atoms with Gasteiger partial charge in [0.15, 0.2) is 8.32 Å². The van der Waals surface area contributed by atoms with Crippen LogP contribution in [0, 0.1) is 0 Å².